The minimum Gasteiger partial charge on any atom is -0.478 e. The maximum atomic E-state index is 12.1. The van der Waals surface area contributed by atoms with Crippen molar-refractivity contribution in [3.05, 3.63) is 35.9 Å². The van der Waals surface area contributed by atoms with Crippen molar-refractivity contribution < 1.29 is 28.7 Å². The van der Waals surface area contributed by atoms with Crippen LogP contribution in [0.25, 0.3) is 0 Å². The van der Waals surface area contributed by atoms with Crippen molar-refractivity contribution in [3.8, 4) is 0 Å². The third kappa shape index (κ3) is 10.8. The molecule has 7 heteroatoms. The van der Waals surface area contributed by atoms with Gasteiger partial charge in [-0.1, -0.05) is 55.2 Å². The van der Waals surface area contributed by atoms with Gasteiger partial charge in [-0.25, -0.2) is 4.79 Å². The number of ether oxygens (including phenoxy) is 2. The Balaban J connectivity index is 2.76. The Labute approximate surface area is 162 Å². The Hall–Kier alpha value is -1.78. The second-order valence-corrected chi connectivity index (χ2v) is 8.06. The Morgan fingerprint density at radius 3 is 2.44 bits per heavy atom. The molecule has 0 radical (unpaired) electrons. The highest BCUT2D eigenvalue weighted by atomic mass is 31.1. The van der Waals surface area contributed by atoms with Crippen molar-refractivity contribution in [2.75, 3.05) is 12.3 Å². The van der Waals surface area contributed by atoms with Gasteiger partial charge in [-0.05, 0) is 24.8 Å². The van der Waals surface area contributed by atoms with Crippen LogP contribution in [0, 0.1) is 0 Å². The zero-order valence-corrected chi connectivity index (χ0v) is 17.0. The topological polar surface area (TPSA) is 89.9 Å². The number of carboxylic acid groups (broad SMARTS) is 1. The van der Waals surface area contributed by atoms with Crippen LogP contribution in [0.1, 0.15) is 51.5 Å². The molecule has 0 aliphatic carbocycles. The van der Waals surface area contributed by atoms with E-state index < -0.39 is 26.2 Å². The summed E-state index contributed by atoms with van der Waals surface area (Å²) >= 11 is 0. The summed E-state index contributed by atoms with van der Waals surface area (Å²) in [7, 11) is -1.92. The average molecular weight is 397 g/mol. The van der Waals surface area contributed by atoms with Crippen LogP contribution in [0.15, 0.2) is 30.3 Å². The number of esters is 1. The Morgan fingerprint density at radius 2 is 1.85 bits per heavy atom. The van der Waals surface area contributed by atoms with E-state index in [1.54, 1.807) is 6.92 Å². The first-order valence-corrected chi connectivity index (χ1v) is 11.1. The monoisotopic (exact) mass is 397 g/mol. The minimum atomic E-state index is -1.92. The summed E-state index contributed by atoms with van der Waals surface area (Å²) in [5, 5.41) is 8.86. The minimum absolute atomic E-state index is 0.140. The van der Waals surface area contributed by atoms with E-state index in [0.717, 1.165) is 18.4 Å². The summed E-state index contributed by atoms with van der Waals surface area (Å²) in [6, 6.07) is 9.83. The number of carboxylic acids is 1. The number of carbonyl (C=O) groups is 2. The van der Waals surface area contributed by atoms with E-state index in [1.807, 2.05) is 37.3 Å². The van der Waals surface area contributed by atoms with Gasteiger partial charge in [0.05, 0.1) is 0 Å². The maximum Gasteiger partial charge on any atom is 0.353 e. The SMILES string of the molecule is CCCCC(OC(=O)CC)OC(CCc1ccccc1)C[P+](=O)CC(=O)O. The fourth-order valence-electron chi connectivity index (χ4n) is 2.59. The molecule has 0 bridgehead atoms. The molecule has 3 unspecified atom stereocenters. The lowest BCUT2D eigenvalue weighted by atomic mass is 10.1. The first kappa shape index (κ1) is 23.3. The van der Waals surface area contributed by atoms with Crippen LogP contribution in [-0.2, 0) is 30.0 Å². The third-order valence-corrected chi connectivity index (χ3v) is 5.44. The fourth-order valence-corrected chi connectivity index (χ4v) is 3.74. The number of rotatable bonds is 14. The van der Waals surface area contributed by atoms with Crippen LogP contribution in [-0.4, -0.2) is 41.8 Å². The Morgan fingerprint density at radius 1 is 1.15 bits per heavy atom. The van der Waals surface area contributed by atoms with Gasteiger partial charge in [0, 0.05) is 12.8 Å². The van der Waals surface area contributed by atoms with Gasteiger partial charge in [-0.2, -0.15) is 0 Å². The summed E-state index contributed by atoms with van der Waals surface area (Å²) in [5.74, 6) is -1.43. The maximum absolute atomic E-state index is 12.1. The van der Waals surface area contributed by atoms with Crippen molar-refractivity contribution in [3.63, 3.8) is 0 Å². The molecule has 6 nitrogen and oxygen atoms in total. The molecule has 0 fully saturated rings. The van der Waals surface area contributed by atoms with Crippen LogP contribution in [0.5, 0.6) is 0 Å². The zero-order valence-electron chi connectivity index (χ0n) is 16.1. The largest absolute Gasteiger partial charge is 0.478 e. The third-order valence-electron chi connectivity index (χ3n) is 4.01. The molecule has 3 atom stereocenters. The van der Waals surface area contributed by atoms with Crippen molar-refractivity contribution in [2.24, 2.45) is 0 Å². The summed E-state index contributed by atoms with van der Waals surface area (Å²) in [4.78, 5) is 22.5. The lowest BCUT2D eigenvalue weighted by Crippen LogP contribution is -2.29. The van der Waals surface area contributed by atoms with Crippen LogP contribution in [0.2, 0.25) is 0 Å². The van der Waals surface area contributed by atoms with Crippen LogP contribution in [0.4, 0.5) is 0 Å². The van der Waals surface area contributed by atoms with Crippen molar-refractivity contribution in [1.29, 1.82) is 0 Å². The van der Waals surface area contributed by atoms with Gasteiger partial charge in [-0.15, -0.1) is 0 Å². The standard InChI is InChI=1S/C20H29O6P/c1-3-5-11-20(26-19(23)4-2)25-17(14-27(24)15-18(21)22)13-12-16-9-7-6-8-10-16/h6-10,17,20H,3-5,11-15H2,1-2H3/p+1. The quantitative estimate of drug-likeness (QED) is 0.285. The van der Waals surface area contributed by atoms with E-state index in [4.69, 9.17) is 14.6 Å². The molecule has 0 aliphatic rings. The van der Waals surface area contributed by atoms with Gasteiger partial charge in [0.2, 0.25) is 12.5 Å². The fraction of sp³-hybridized carbons (Fsp3) is 0.600. The van der Waals surface area contributed by atoms with Gasteiger partial charge in [0.15, 0.2) is 6.16 Å². The molecule has 0 aromatic heterocycles. The highest BCUT2D eigenvalue weighted by Crippen LogP contribution is 2.26. The van der Waals surface area contributed by atoms with E-state index in [2.05, 4.69) is 0 Å². The summed E-state index contributed by atoms with van der Waals surface area (Å²) in [6.45, 7) is 3.76. The van der Waals surface area contributed by atoms with Crippen molar-refractivity contribution in [1.82, 2.24) is 0 Å². The lowest BCUT2D eigenvalue weighted by molar-refractivity contribution is -0.189. The molecule has 0 amide bonds. The smallest absolute Gasteiger partial charge is 0.353 e. The predicted molar refractivity (Wildman–Crippen MR) is 104 cm³/mol. The number of aliphatic carboxylic acids is 1. The molecule has 1 rings (SSSR count). The Bertz CT molecular complexity index is 589. The summed E-state index contributed by atoms with van der Waals surface area (Å²) in [5.41, 5.74) is 1.12. The molecule has 0 saturated carbocycles. The molecule has 27 heavy (non-hydrogen) atoms. The van der Waals surface area contributed by atoms with Crippen LogP contribution in [0.3, 0.4) is 0 Å². The number of benzene rings is 1. The van der Waals surface area contributed by atoms with Crippen LogP contribution < -0.4 is 0 Å². The normalized spacial score (nSPS) is 13.6. The second kappa shape index (κ2) is 13.4. The molecule has 1 aromatic carbocycles. The molecule has 0 spiro atoms. The predicted octanol–water partition coefficient (Wildman–Crippen LogP) is 4.39. The molecule has 1 aromatic rings. The molecule has 150 valence electrons. The number of aryl methyl sites for hydroxylation is 1. The Kier molecular flexibility index (Phi) is 11.5. The first-order chi connectivity index (χ1) is 12.9. The molecular weight excluding hydrogens is 367 g/mol. The second-order valence-electron chi connectivity index (χ2n) is 6.41. The van der Waals surface area contributed by atoms with Gasteiger partial charge < -0.3 is 14.6 Å². The molecule has 0 aliphatic heterocycles. The molecule has 0 heterocycles. The summed E-state index contributed by atoms with van der Waals surface area (Å²) < 4.78 is 23.5. The van der Waals surface area contributed by atoms with E-state index in [9.17, 15) is 14.2 Å². The molecule has 1 N–H and O–H groups in total. The van der Waals surface area contributed by atoms with Crippen molar-refractivity contribution >= 4 is 19.7 Å². The van der Waals surface area contributed by atoms with Gasteiger partial charge in [-0.3, -0.25) is 4.79 Å². The van der Waals surface area contributed by atoms with Gasteiger partial charge in [0.1, 0.15) is 6.10 Å². The zero-order chi connectivity index (χ0) is 20.1. The lowest BCUT2D eigenvalue weighted by Gasteiger charge is -2.23. The molecular formula is C20H30O6P+. The summed E-state index contributed by atoms with van der Waals surface area (Å²) in [6.07, 6.45) is 2.54. The van der Waals surface area contributed by atoms with E-state index in [1.165, 1.54) is 0 Å². The first-order valence-electron chi connectivity index (χ1n) is 9.47. The van der Waals surface area contributed by atoms with Crippen molar-refractivity contribution in [2.45, 2.75) is 64.8 Å². The number of carbonyl (C=O) groups excluding carboxylic acids is 1. The van der Waals surface area contributed by atoms with Gasteiger partial charge in [0.25, 0.3) is 0 Å². The number of unbranched alkanes of at least 4 members (excludes halogenated alkanes) is 1. The molecule has 0 saturated heterocycles. The van der Waals surface area contributed by atoms with E-state index >= 15 is 0 Å². The highest BCUT2D eigenvalue weighted by molar-refractivity contribution is 7.45. The van der Waals surface area contributed by atoms with Gasteiger partial charge >= 0.3 is 19.7 Å². The average Bonchev–Trinajstić information content (AvgIpc) is 2.64. The van der Waals surface area contributed by atoms with E-state index in [0.29, 0.717) is 19.3 Å². The number of hydrogen-bond acceptors (Lipinski definition) is 5. The van der Waals surface area contributed by atoms with E-state index in [-0.39, 0.29) is 24.7 Å². The van der Waals surface area contributed by atoms with Crippen LogP contribution >= 0.6 is 7.80 Å². The number of hydrogen-bond donors (Lipinski definition) is 1. The highest BCUT2D eigenvalue weighted by Gasteiger charge is 2.29.